The summed E-state index contributed by atoms with van der Waals surface area (Å²) in [5.41, 5.74) is 11.5. The zero-order chi connectivity index (χ0) is 21.4. The standard InChI is InChI=1S/C22H44N2O4/c1-17(2)19(23)21(25)27-15-13-11-9-7-5-6-8-10-12-14-16-28-22(26)20(24)18(3)4/h17-20H,5-16,23-24H2,1-4H3. The maximum absolute atomic E-state index is 11.6. The van der Waals surface area contributed by atoms with E-state index < -0.39 is 12.1 Å². The van der Waals surface area contributed by atoms with E-state index in [9.17, 15) is 9.59 Å². The van der Waals surface area contributed by atoms with Gasteiger partial charge in [0, 0.05) is 0 Å². The van der Waals surface area contributed by atoms with Gasteiger partial charge in [0.05, 0.1) is 13.2 Å². The summed E-state index contributed by atoms with van der Waals surface area (Å²) in [6.07, 6.45) is 11.3. The second-order valence-corrected chi connectivity index (χ2v) is 8.41. The highest BCUT2D eigenvalue weighted by molar-refractivity contribution is 5.76. The van der Waals surface area contributed by atoms with Gasteiger partial charge in [-0.05, 0) is 24.7 Å². The Labute approximate surface area is 172 Å². The zero-order valence-electron chi connectivity index (χ0n) is 18.6. The van der Waals surface area contributed by atoms with Gasteiger partial charge in [0.25, 0.3) is 0 Å². The number of unbranched alkanes of at least 4 members (excludes halogenated alkanes) is 9. The number of hydrogen-bond acceptors (Lipinski definition) is 6. The molecule has 0 saturated heterocycles. The molecular formula is C22H44N2O4. The molecule has 0 radical (unpaired) electrons. The highest BCUT2D eigenvalue weighted by Crippen LogP contribution is 2.11. The van der Waals surface area contributed by atoms with E-state index >= 15 is 0 Å². The first kappa shape index (κ1) is 26.9. The Kier molecular flexibility index (Phi) is 16.1. The maximum Gasteiger partial charge on any atom is 0.323 e. The Morgan fingerprint density at radius 2 is 0.821 bits per heavy atom. The minimum Gasteiger partial charge on any atom is -0.465 e. The minimum atomic E-state index is -0.510. The van der Waals surface area contributed by atoms with E-state index in [2.05, 4.69) is 0 Å². The summed E-state index contributed by atoms with van der Waals surface area (Å²) in [6.45, 7) is 8.64. The lowest BCUT2D eigenvalue weighted by molar-refractivity contribution is -0.147. The predicted molar refractivity (Wildman–Crippen MR) is 114 cm³/mol. The van der Waals surface area contributed by atoms with Crippen LogP contribution in [0.25, 0.3) is 0 Å². The molecule has 0 aliphatic heterocycles. The van der Waals surface area contributed by atoms with Crippen molar-refractivity contribution in [2.75, 3.05) is 13.2 Å². The summed E-state index contributed by atoms with van der Waals surface area (Å²) in [5, 5.41) is 0. The molecule has 0 spiro atoms. The Bertz CT molecular complexity index is 375. The average molecular weight is 401 g/mol. The molecular weight excluding hydrogens is 356 g/mol. The van der Waals surface area contributed by atoms with Crippen molar-refractivity contribution in [2.45, 2.75) is 104 Å². The molecule has 0 heterocycles. The molecule has 0 aliphatic carbocycles. The van der Waals surface area contributed by atoms with Gasteiger partial charge in [-0.1, -0.05) is 79.1 Å². The summed E-state index contributed by atoms with van der Waals surface area (Å²) < 4.78 is 10.4. The molecule has 0 amide bonds. The molecule has 0 rings (SSSR count). The topological polar surface area (TPSA) is 105 Å². The molecule has 0 aromatic carbocycles. The first-order valence-corrected chi connectivity index (χ1v) is 11.1. The maximum atomic E-state index is 11.6. The lowest BCUT2D eigenvalue weighted by atomic mass is 10.1. The minimum absolute atomic E-state index is 0.116. The Balaban J connectivity index is 3.32. The quantitative estimate of drug-likeness (QED) is 0.283. The predicted octanol–water partition coefficient (Wildman–Crippen LogP) is 3.94. The van der Waals surface area contributed by atoms with Gasteiger partial charge in [0.15, 0.2) is 0 Å². The molecule has 6 heteroatoms. The third-order valence-electron chi connectivity index (χ3n) is 5.01. The average Bonchev–Trinajstić information content (AvgIpc) is 2.66. The van der Waals surface area contributed by atoms with Crippen LogP contribution in [0.5, 0.6) is 0 Å². The van der Waals surface area contributed by atoms with Crippen LogP contribution in [0, 0.1) is 11.8 Å². The number of carbonyl (C=O) groups excluding carboxylic acids is 2. The fraction of sp³-hybridized carbons (Fsp3) is 0.909. The van der Waals surface area contributed by atoms with E-state index in [-0.39, 0.29) is 23.8 Å². The monoisotopic (exact) mass is 400 g/mol. The Hall–Kier alpha value is -1.14. The van der Waals surface area contributed by atoms with Crippen molar-refractivity contribution in [2.24, 2.45) is 23.3 Å². The van der Waals surface area contributed by atoms with Gasteiger partial charge >= 0.3 is 11.9 Å². The van der Waals surface area contributed by atoms with Crippen molar-refractivity contribution in [3.63, 3.8) is 0 Å². The molecule has 0 fully saturated rings. The van der Waals surface area contributed by atoms with E-state index in [1.807, 2.05) is 27.7 Å². The largest absolute Gasteiger partial charge is 0.465 e. The molecule has 0 saturated carbocycles. The number of rotatable bonds is 17. The first-order valence-electron chi connectivity index (χ1n) is 11.1. The first-order chi connectivity index (χ1) is 13.3. The highest BCUT2D eigenvalue weighted by atomic mass is 16.5. The van der Waals surface area contributed by atoms with Crippen molar-refractivity contribution in [1.82, 2.24) is 0 Å². The van der Waals surface area contributed by atoms with Crippen molar-refractivity contribution in [1.29, 1.82) is 0 Å². The number of nitrogens with two attached hydrogens (primary N) is 2. The van der Waals surface area contributed by atoms with Crippen LogP contribution in [0.1, 0.15) is 91.9 Å². The van der Waals surface area contributed by atoms with Crippen LogP contribution in [-0.2, 0) is 19.1 Å². The highest BCUT2D eigenvalue weighted by Gasteiger charge is 2.18. The second kappa shape index (κ2) is 16.8. The molecule has 6 nitrogen and oxygen atoms in total. The van der Waals surface area contributed by atoms with Crippen LogP contribution in [0.4, 0.5) is 0 Å². The molecule has 166 valence electrons. The van der Waals surface area contributed by atoms with Crippen molar-refractivity contribution in [3.05, 3.63) is 0 Å². The fourth-order valence-electron chi connectivity index (χ4n) is 2.70. The SMILES string of the molecule is CC(C)C(N)C(=O)OCCCCCCCCCCCCOC(=O)C(N)C(C)C. The van der Waals surface area contributed by atoms with Crippen LogP contribution in [0.3, 0.4) is 0 Å². The molecule has 4 N–H and O–H groups in total. The Morgan fingerprint density at radius 1 is 0.571 bits per heavy atom. The molecule has 0 aromatic heterocycles. The third-order valence-corrected chi connectivity index (χ3v) is 5.01. The Morgan fingerprint density at radius 3 is 1.07 bits per heavy atom. The molecule has 0 aliphatic rings. The summed E-state index contributed by atoms with van der Waals surface area (Å²) in [5.74, 6) is -0.337. The fourth-order valence-corrected chi connectivity index (χ4v) is 2.70. The van der Waals surface area contributed by atoms with Crippen molar-refractivity contribution < 1.29 is 19.1 Å². The van der Waals surface area contributed by atoms with Gasteiger partial charge in [-0.25, -0.2) is 0 Å². The molecule has 0 bridgehead atoms. The van der Waals surface area contributed by atoms with Gasteiger partial charge < -0.3 is 20.9 Å². The summed E-state index contributed by atoms with van der Waals surface area (Å²) in [7, 11) is 0. The van der Waals surface area contributed by atoms with Gasteiger partial charge in [-0.3, -0.25) is 9.59 Å². The van der Waals surface area contributed by atoms with E-state index in [1.54, 1.807) is 0 Å². The molecule has 2 atom stereocenters. The van der Waals surface area contributed by atoms with Gasteiger partial charge in [0.2, 0.25) is 0 Å². The number of esters is 2. The van der Waals surface area contributed by atoms with Gasteiger partial charge in [-0.15, -0.1) is 0 Å². The van der Waals surface area contributed by atoms with Crippen LogP contribution < -0.4 is 11.5 Å². The van der Waals surface area contributed by atoms with Crippen molar-refractivity contribution >= 4 is 11.9 Å². The van der Waals surface area contributed by atoms with Gasteiger partial charge in [0.1, 0.15) is 12.1 Å². The van der Waals surface area contributed by atoms with Crippen molar-refractivity contribution in [3.8, 4) is 0 Å². The summed E-state index contributed by atoms with van der Waals surface area (Å²) in [6, 6.07) is -1.02. The van der Waals surface area contributed by atoms with E-state index in [0.29, 0.717) is 13.2 Å². The smallest absolute Gasteiger partial charge is 0.323 e. The zero-order valence-corrected chi connectivity index (χ0v) is 18.6. The lowest BCUT2D eigenvalue weighted by Crippen LogP contribution is -2.37. The lowest BCUT2D eigenvalue weighted by Gasteiger charge is -2.14. The summed E-state index contributed by atoms with van der Waals surface area (Å²) >= 11 is 0. The van der Waals surface area contributed by atoms with E-state index in [1.165, 1.54) is 38.5 Å². The van der Waals surface area contributed by atoms with Crippen LogP contribution in [0.2, 0.25) is 0 Å². The second-order valence-electron chi connectivity index (χ2n) is 8.41. The number of hydrogen-bond donors (Lipinski definition) is 2. The summed E-state index contributed by atoms with van der Waals surface area (Å²) in [4.78, 5) is 23.2. The van der Waals surface area contributed by atoms with E-state index in [4.69, 9.17) is 20.9 Å². The third kappa shape index (κ3) is 13.9. The number of carbonyl (C=O) groups is 2. The van der Waals surface area contributed by atoms with Crippen LogP contribution in [0.15, 0.2) is 0 Å². The van der Waals surface area contributed by atoms with E-state index in [0.717, 1.165) is 25.7 Å². The van der Waals surface area contributed by atoms with Crippen LogP contribution >= 0.6 is 0 Å². The normalized spacial score (nSPS) is 13.6. The van der Waals surface area contributed by atoms with Gasteiger partial charge in [-0.2, -0.15) is 0 Å². The molecule has 2 unspecified atom stereocenters. The van der Waals surface area contributed by atoms with Crippen LogP contribution in [-0.4, -0.2) is 37.2 Å². The molecule has 28 heavy (non-hydrogen) atoms. The molecule has 0 aromatic rings. The number of ether oxygens (including phenoxy) is 2.